The van der Waals surface area contributed by atoms with Crippen molar-refractivity contribution in [1.82, 2.24) is 0 Å². The summed E-state index contributed by atoms with van der Waals surface area (Å²) in [6.07, 6.45) is 0. The van der Waals surface area contributed by atoms with E-state index in [1.165, 1.54) is 0 Å². The summed E-state index contributed by atoms with van der Waals surface area (Å²) < 4.78 is 30.8. The summed E-state index contributed by atoms with van der Waals surface area (Å²) in [5, 5.41) is 3.26. The van der Waals surface area contributed by atoms with Crippen molar-refractivity contribution < 1.29 is 24.2 Å². The van der Waals surface area contributed by atoms with E-state index in [2.05, 4.69) is 0 Å². The molecule has 4 rings (SSSR count). The second-order valence-electron chi connectivity index (χ2n) is 6.64. The molecule has 0 aliphatic heterocycles. The van der Waals surface area contributed by atoms with Gasteiger partial charge in [-0.05, 0) is 0 Å². The van der Waals surface area contributed by atoms with Gasteiger partial charge in [0.1, 0.15) is 0 Å². The number of rotatable bonds is 6. The Morgan fingerprint density at radius 3 is 0.897 bits per heavy atom. The minimum absolute atomic E-state index is 0.816. The summed E-state index contributed by atoms with van der Waals surface area (Å²) >= 11 is 0. The monoisotopic (exact) mass is 422 g/mol. The molecule has 0 heterocycles. The molecule has 0 saturated carbocycles. The van der Waals surface area contributed by atoms with Crippen molar-refractivity contribution in [2.24, 2.45) is 0 Å². The Labute approximate surface area is 173 Å². The zero-order valence-electron chi connectivity index (χ0n) is 15.6. The van der Waals surface area contributed by atoms with Crippen molar-refractivity contribution in [3.05, 3.63) is 121 Å². The maximum absolute atomic E-state index is 12.3. The van der Waals surface area contributed by atoms with Crippen LogP contribution in [0.3, 0.4) is 0 Å². The van der Waals surface area contributed by atoms with Crippen LogP contribution in [-0.2, 0) is 4.08 Å². The number of hydrogen-bond donors (Lipinski definition) is 0. The Hall–Kier alpha value is -2.52. The molecule has 0 saturated heterocycles. The van der Waals surface area contributed by atoms with Gasteiger partial charge in [0.25, 0.3) is 0 Å². The van der Waals surface area contributed by atoms with Gasteiger partial charge in [-0.3, -0.25) is 0 Å². The topological polar surface area (TPSA) is 55.3 Å². The molecule has 4 aromatic carbocycles. The van der Waals surface area contributed by atoms with Crippen molar-refractivity contribution in [2.75, 3.05) is 0 Å². The van der Waals surface area contributed by atoms with Crippen LogP contribution >= 0.6 is 6.83 Å². The molecule has 0 amide bonds. The molecule has 0 bridgehead atoms. The quantitative estimate of drug-likeness (QED) is 0.446. The molecule has 29 heavy (non-hydrogen) atoms. The van der Waals surface area contributed by atoms with Gasteiger partial charge in [-0.15, -0.1) is 0 Å². The van der Waals surface area contributed by atoms with Gasteiger partial charge < -0.3 is 0 Å². The van der Waals surface area contributed by atoms with E-state index in [0.29, 0.717) is 0 Å². The van der Waals surface area contributed by atoms with Crippen LogP contribution in [0.25, 0.3) is 0 Å². The van der Waals surface area contributed by atoms with Crippen molar-refractivity contribution in [2.45, 2.75) is 0 Å². The fourth-order valence-electron chi connectivity index (χ4n) is 4.02. The van der Waals surface area contributed by atoms with E-state index in [1.807, 2.05) is 121 Å². The standard InChI is InChI=1S/C24H20ClO3P/c26-25(27)28-29(21-13-5-1-6-14-21,22-15-7-2-8-16-22,23-17-9-3-10-18-23)24-19-11-4-12-20-24/h1-20H. The van der Waals surface area contributed by atoms with E-state index < -0.39 is 17.6 Å². The zero-order valence-corrected chi connectivity index (χ0v) is 17.2. The van der Waals surface area contributed by atoms with Gasteiger partial charge in [0.15, 0.2) is 0 Å². The Morgan fingerprint density at radius 1 is 0.448 bits per heavy atom. The van der Waals surface area contributed by atoms with Crippen LogP contribution in [0.1, 0.15) is 0 Å². The second-order valence-corrected chi connectivity index (χ2v) is 11.7. The summed E-state index contributed by atoms with van der Waals surface area (Å²) in [4.78, 5) is 0. The zero-order chi connectivity index (χ0) is 20.2. The number of halogens is 1. The van der Waals surface area contributed by atoms with Gasteiger partial charge in [0, 0.05) is 0 Å². The van der Waals surface area contributed by atoms with Gasteiger partial charge in [-0.25, -0.2) is 0 Å². The first-order chi connectivity index (χ1) is 14.2. The number of hydrogen-bond acceptors (Lipinski definition) is 3. The predicted molar refractivity (Wildman–Crippen MR) is 112 cm³/mol. The van der Waals surface area contributed by atoms with Crippen LogP contribution in [0.2, 0.25) is 0 Å². The molecular formula is C24H20ClO3P. The molecule has 5 heteroatoms. The molecule has 3 nitrogen and oxygen atoms in total. The normalized spacial score (nSPS) is 13.0. The van der Waals surface area contributed by atoms with Gasteiger partial charge in [0.05, 0.1) is 0 Å². The molecule has 0 atom stereocenters. The van der Waals surface area contributed by atoms with E-state index in [0.717, 1.165) is 21.2 Å². The van der Waals surface area contributed by atoms with Crippen LogP contribution in [0.15, 0.2) is 121 Å². The van der Waals surface area contributed by atoms with Gasteiger partial charge in [-0.2, -0.15) is 0 Å². The van der Waals surface area contributed by atoms with E-state index in [1.54, 1.807) is 0 Å². The summed E-state index contributed by atoms with van der Waals surface area (Å²) in [7, 11) is -2.36. The van der Waals surface area contributed by atoms with Crippen molar-refractivity contribution in [1.29, 1.82) is 0 Å². The maximum atomic E-state index is 12.3. The molecule has 0 spiro atoms. The van der Waals surface area contributed by atoms with Crippen molar-refractivity contribution in [3.8, 4) is 0 Å². The van der Waals surface area contributed by atoms with Crippen LogP contribution in [-0.4, -0.2) is 0 Å². The van der Waals surface area contributed by atoms with Crippen molar-refractivity contribution >= 4 is 28.0 Å². The van der Waals surface area contributed by atoms with Crippen molar-refractivity contribution in [3.63, 3.8) is 0 Å². The minimum atomic E-state index is -4.07. The summed E-state index contributed by atoms with van der Waals surface area (Å²) in [5.41, 5.74) is 0. The van der Waals surface area contributed by atoms with Crippen LogP contribution in [0.5, 0.6) is 0 Å². The molecule has 0 N–H and O–H groups in total. The third-order valence-corrected chi connectivity index (χ3v) is 11.9. The molecule has 0 aliphatic carbocycles. The van der Waals surface area contributed by atoms with E-state index in [-0.39, 0.29) is 0 Å². The Morgan fingerprint density at radius 2 is 0.690 bits per heavy atom. The molecular weight excluding hydrogens is 403 g/mol. The van der Waals surface area contributed by atoms with Crippen LogP contribution < -0.4 is 30.5 Å². The summed E-state index contributed by atoms with van der Waals surface area (Å²) in [5.74, 6) is 0. The van der Waals surface area contributed by atoms with E-state index in [9.17, 15) is 9.32 Å². The molecule has 0 unspecified atom stereocenters. The second kappa shape index (κ2) is 8.08. The third kappa shape index (κ3) is 3.08. The van der Waals surface area contributed by atoms with Gasteiger partial charge >= 0.3 is 174 Å². The molecule has 0 aromatic heterocycles. The van der Waals surface area contributed by atoms with E-state index in [4.69, 9.17) is 4.08 Å². The fraction of sp³-hybridized carbons (Fsp3) is 0. The first kappa shape index (κ1) is 19.8. The molecule has 0 aliphatic rings. The predicted octanol–water partition coefficient (Wildman–Crippen LogP) is 1.86. The van der Waals surface area contributed by atoms with Crippen LogP contribution in [0.4, 0.5) is 0 Å². The molecule has 0 fully saturated rings. The average molecular weight is 423 g/mol. The fourth-order valence-corrected chi connectivity index (χ4v) is 10.9. The van der Waals surface area contributed by atoms with Gasteiger partial charge in [0.2, 0.25) is 0 Å². The third-order valence-electron chi connectivity index (χ3n) is 5.19. The first-order valence-electron chi connectivity index (χ1n) is 9.18. The molecule has 4 aromatic rings. The van der Waals surface area contributed by atoms with Gasteiger partial charge in [-0.1, -0.05) is 0 Å². The number of benzene rings is 4. The summed E-state index contributed by atoms with van der Waals surface area (Å²) in [6, 6.07) is 38.6. The summed E-state index contributed by atoms with van der Waals surface area (Å²) in [6.45, 7) is -4.07. The van der Waals surface area contributed by atoms with Crippen LogP contribution in [0, 0.1) is 10.8 Å². The Kier molecular flexibility index (Phi) is 5.51. The molecule has 146 valence electrons. The Bertz CT molecular complexity index is 889. The SMILES string of the molecule is [O-][Cl+2]([O-])OP(c1ccccc1)(c1ccccc1)(c1ccccc1)c1ccccc1. The van der Waals surface area contributed by atoms with E-state index >= 15 is 0 Å². The molecule has 0 radical (unpaired) electrons. The first-order valence-corrected chi connectivity index (χ1v) is 12.3. The average Bonchev–Trinajstić information content (AvgIpc) is 2.80. The Balaban J connectivity index is 2.29.